The molecule has 2 N–H and O–H groups in total. The van der Waals surface area contributed by atoms with Gasteiger partial charge in [0.05, 0.1) is 12.7 Å². The zero-order valence-electron chi connectivity index (χ0n) is 11.9. The average molecular weight is 291 g/mol. The minimum absolute atomic E-state index is 0.231. The number of benzene rings is 1. The van der Waals surface area contributed by atoms with Crippen LogP contribution in [-0.2, 0) is 13.1 Å². The first kappa shape index (κ1) is 15.1. The van der Waals surface area contributed by atoms with Crippen molar-refractivity contribution in [3.8, 4) is 0 Å². The van der Waals surface area contributed by atoms with E-state index < -0.39 is 0 Å². The Balaban J connectivity index is 2.10. The van der Waals surface area contributed by atoms with Crippen LogP contribution in [0.5, 0.6) is 0 Å². The number of aromatic nitrogens is 3. The summed E-state index contributed by atoms with van der Waals surface area (Å²) < 4.78 is 14.7. The number of rotatable bonds is 6. The first-order chi connectivity index (χ1) is 10.1. The third-order valence-corrected chi connectivity index (χ3v) is 3.05. The molecule has 0 radical (unpaired) electrons. The molecule has 6 nitrogen and oxygen atoms in total. The zero-order valence-corrected chi connectivity index (χ0v) is 11.9. The van der Waals surface area contributed by atoms with Gasteiger partial charge in [-0.3, -0.25) is 9.48 Å². The molecule has 1 heterocycles. The molecule has 1 aromatic heterocycles. The summed E-state index contributed by atoms with van der Waals surface area (Å²) in [5.41, 5.74) is 6.43. The molecule has 0 saturated carbocycles. The number of carbonyl (C=O) groups excluding carboxylic acids is 1. The maximum absolute atomic E-state index is 13.2. The molecule has 1 amide bonds. The Morgan fingerprint density at radius 2 is 2.29 bits per heavy atom. The largest absolute Gasteiger partial charge is 0.333 e. The molecule has 0 aliphatic heterocycles. The number of hydrogen-bond acceptors (Lipinski definition) is 4. The zero-order chi connectivity index (χ0) is 15.2. The third-order valence-electron chi connectivity index (χ3n) is 3.05. The van der Waals surface area contributed by atoms with Crippen LogP contribution in [0, 0.1) is 5.82 Å². The predicted octanol–water partition coefficient (Wildman–Crippen LogP) is 1.04. The van der Waals surface area contributed by atoms with Crippen LogP contribution in [0.1, 0.15) is 23.0 Å². The molecule has 0 saturated heterocycles. The molecule has 0 aliphatic rings. The highest BCUT2D eigenvalue weighted by Crippen LogP contribution is 2.10. The van der Waals surface area contributed by atoms with E-state index in [2.05, 4.69) is 10.3 Å². The molecule has 0 unspecified atom stereocenters. The highest BCUT2D eigenvalue weighted by Gasteiger charge is 2.18. The summed E-state index contributed by atoms with van der Waals surface area (Å²) in [5, 5.41) is 7.70. The number of hydrogen-bond donors (Lipinski definition) is 1. The van der Waals surface area contributed by atoms with E-state index in [1.54, 1.807) is 23.2 Å². The highest BCUT2D eigenvalue weighted by atomic mass is 19.1. The predicted molar refractivity (Wildman–Crippen MR) is 75.9 cm³/mol. The van der Waals surface area contributed by atoms with E-state index >= 15 is 0 Å². The van der Waals surface area contributed by atoms with Crippen molar-refractivity contribution < 1.29 is 9.18 Å². The van der Waals surface area contributed by atoms with Crippen LogP contribution < -0.4 is 5.73 Å². The van der Waals surface area contributed by atoms with Crippen LogP contribution in [0.15, 0.2) is 30.5 Å². The van der Waals surface area contributed by atoms with Gasteiger partial charge in [-0.05, 0) is 24.6 Å². The van der Waals surface area contributed by atoms with E-state index in [1.165, 1.54) is 16.8 Å². The third kappa shape index (κ3) is 3.85. The summed E-state index contributed by atoms with van der Waals surface area (Å²) in [7, 11) is 0. The Bertz CT molecular complexity index is 613. The molecule has 1 aromatic carbocycles. The molecule has 0 bridgehead atoms. The highest BCUT2D eigenvalue weighted by molar-refractivity contribution is 5.91. The maximum atomic E-state index is 13.2. The summed E-state index contributed by atoms with van der Waals surface area (Å²) in [4.78, 5) is 14.0. The quantitative estimate of drug-likeness (QED) is 0.862. The molecule has 2 rings (SSSR count). The molecule has 21 heavy (non-hydrogen) atoms. The van der Waals surface area contributed by atoms with E-state index in [9.17, 15) is 9.18 Å². The molecule has 7 heteroatoms. The van der Waals surface area contributed by atoms with Crippen LogP contribution in [0.25, 0.3) is 0 Å². The lowest BCUT2D eigenvalue weighted by molar-refractivity contribution is 0.0746. The van der Waals surface area contributed by atoms with Crippen molar-refractivity contribution in [1.82, 2.24) is 19.9 Å². The van der Waals surface area contributed by atoms with Gasteiger partial charge in [-0.15, -0.1) is 5.10 Å². The van der Waals surface area contributed by atoms with Gasteiger partial charge in [-0.1, -0.05) is 17.3 Å². The first-order valence-electron chi connectivity index (χ1n) is 6.78. The maximum Gasteiger partial charge on any atom is 0.276 e. The number of halogens is 1. The standard InChI is InChI=1S/C14H18FN5O/c1-2-19(9-11-4-3-5-12(15)8-11)14(21)13-10-20(7-6-16)18-17-13/h3-5,8,10H,2,6-7,9,16H2,1H3. The molecule has 0 spiro atoms. The second kappa shape index (κ2) is 6.94. The minimum Gasteiger partial charge on any atom is -0.333 e. The van der Waals surface area contributed by atoms with Crippen molar-refractivity contribution in [1.29, 1.82) is 0 Å². The van der Waals surface area contributed by atoms with Crippen LogP contribution in [0.4, 0.5) is 4.39 Å². The van der Waals surface area contributed by atoms with Gasteiger partial charge in [0.15, 0.2) is 5.69 Å². The lowest BCUT2D eigenvalue weighted by atomic mass is 10.2. The molecule has 112 valence electrons. The summed E-state index contributed by atoms with van der Waals surface area (Å²) in [6.45, 7) is 3.63. The molecular formula is C14H18FN5O. The molecule has 0 fully saturated rings. The number of nitrogens with zero attached hydrogens (tertiary/aromatic N) is 4. The summed E-state index contributed by atoms with van der Waals surface area (Å²) in [5.74, 6) is -0.546. The number of nitrogens with two attached hydrogens (primary N) is 1. The molecule has 0 aliphatic carbocycles. The van der Waals surface area contributed by atoms with Gasteiger partial charge in [0.1, 0.15) is 5.82 Å². The average Bonchev–Trinajstić information content (AvgIpc) is 2.93. The second-order valence-electron chi connectivity index (χ2n) is 4.60. The normalized spacial score (nSPS) is 10.6. The molecule has 0 atom stereocenters. The van der Waals surface area contributed by atoms with Crippen molar-refractivity contribution in [2.24, 2.45) is 5.73 Å². The van der Waals surface area contributed by atoms with E-state index in [-0.39, 0.29) is 17.4 Å². The summed E-state index contributed by atoms with van der Waals surface area (Å²) in [6, 6.07) is 6.20. The van der Waals surface area contributed by atoms with E-state index in [0.29, 0.717) is 26.2 Å². The van der Waals surface area contributed by atoms with Crippen molar-refractivity contribution in [3.05, 3.63) is 47.5 Å². The van der Waals surface area contributed by atoms with Crippen LogP contribution in [0.2, 0.25) is 0 Å². The first-order valence-corrected chi connectivity index (χ1v) is 6.78. The van der Waals surface area contributed by atoms with Crippen molar-refractivity contribution in [2.75, 3.05) is 13.1 Å². The lowest BCUT2D eigenvalue weighted by Gasteiger charge is -2.19. The number of carbonyl (C=O) groups is 1. The summed E-state index contributed by atoms with van der Waals surface area (Å²) in [6.07, 6.45) is 1.57. The van der Waals surface area contributed by atoms with Crippen LogP contribution in [-0.4, -0.2) is 38.9 Å². The Morgan fingerprint density at radius 3 is 2.95 bits per heavy atom. The monoisotopic (exact) mass is 291 g/mol. The smallest absolute Gasteiger partial charge is 0.276 e. The van der Waals surface area contributed by atoms with Gasteiger partial charge in [0.2, 0.25) is 0 Å². The Kier molecular flexibility index (Phi) is 4.99. The van der Waals surface area contributed by atoms with Crippen LogP contribution >= 0.6 is 0 Å². The van der Waals surface area contributed by atoms with Crippen molar-refractivity contribution in [3.63, 3.8) is 0 Å². The summed E-state index contributed by atoms with van der Waals surface area (Å²) >= 11 is 0. The van der Waals surface area contributed by atoms with Gasteiger partial charge in [-0.2, -0.15) is 0 Å². The van der Waals surface area contributed by atoms with Gasteiger partial charge < -0.3 is 10.6 Å². The van der Waals surface area contributed by atoms with Gasteiger partial charge in [0.25, 0.3) is 5.91 Å². The van der Waals surface area contributed by atoms with Crippen LogP contribution in [0.3, 0.4) is 0 Å². The van der Waals surface area contributed by atoms with E-state index in [1.807, 2.05) is 6.92 Å². The Labute approximate surface area is 122 Å². The van der Waals surface area contributed by atoms with Crippen molar-refractivity contribution in [2.45, 2.75) is 20.0 Å². The SMILES string of the molecule is CCN(Cc1cccc(F)c1)C(=O)c1cn(CCN)nn1. The lowest BCUT2D eigenvalue weighted by Crippen LogP contribution is -2.30. The molecule has 2 aromatic rings. The van der Waals surface area contributed by atoms with E-state index in [0.717, 1.165) is 5.56 Å². The van der Waals surface area contributed by atoms with E-state index in [4.69, 9.17) is 5.73 Å². The topological polar surface area (TPSA) is 77.0 Å². The Morgan fingerprint density at radius 1 is 1.48 bits per heavy atom. The van der Waals surface area contributed by atoms with Gasteiger partial charge >= 0.3 is 0 Å². The van der Waals surface area contributed by atoms with Gasteiger partial charge in [-0.25, -0.2) is 4.39 Å². The Hall–Kier alpha value is -2.28. The second-order valence-corrected chi connectivity index (χ2v) is 4.60. The number of amides is 1. The fourth-order valence-corrected chi connectivity index (χ4v) is 1.98. The van der Waals surface area contributed by atoms with Crippen molar-refractivity contribution >= 4 is 5.91 Å². The molecular weight excluding hydrogens is 273 g/mol. The fraction of sp³-hybridized carbons (Fsp3) is 0.357. The van der Waals surface area contributed by atoms with Gasteiger partial charge in [0, 0.05) is 19.6 Å². The minimum atomic E-state index is -0.315. The fourth-order valence-electron chi connectivity index (χ4n) is 1.98.